The summed E-state index contributed by atoms with van der Waals surface area (Å²) >= 11 is 12.2. The zero-order valence-electron chi connectivity index (χ0n) is 27.0. The molecule has 12 heteroatoms. The number of likely N-dealkylation sites (tertiary alicyclic amines) is 1. The van der Waals surface area contributed by atoms with Crippen molar-refractivity contribution in [2.45, 2.75) is 122 Å². The quantitative estimate of drug-likeness (QED) is 0.230. The molecule has 4 N–H and O–H groups in total. The first kappa shape index (κ1) is 36.0. The molecule has 4 rings (SSSR count). The van der Waals surface area contributed by atoms with Gasteiger partial charge in [0.1, 0.15) is 12.1 Å². The number of piperidine rings is 1. The molecule has 254 valence electrons. The lowest BCUT2D eigenvalue weighted by atomic mass is 9.75. The normalized spacial score (nSPS) is 20.5. The fourth-order valence-corrected chi connectivity index (χ4v) is 7.68. The number of hydrogen-bond acceptors (Lipinski definition) is 5. The van der Waals surface area contributed by atoms with Crippen LogP contribution in [0.1, 0.15) is 114 Å². The molecule has 0 bridgehead atoms. The average Bonchev–Trinajstić information content (AvgIpc) is 3.45. The molecule has 2 aliphatic carbocycles. The van der Waals surface area contributed by atoms with E-state index in [0.717, 1.165) is 38.5 Å². The molecule has 1 aromatic rings. The third-order valence-corrected chi connectivity index (χ3v) is 10.6. The van der Waals surface area contributed by atoms with Crippen LogP contribution in [0.2, 0.25) is 10.0 Å². The van der Waals surface area contributed by atoms with Crippen molar-refractivity contribution in [2.75, 3.05) is 13.1 Å². The Balaban J connectivity index is 1.41. The molecule has 0 radical (unpaired) electrons. The van der Waals surface area contributed by atoms with Crippen molar-refractivity contribution in [1.29, 1.82) is 0 Å². The van der Waals surface area contributed by atoms with Gasteiger partial charge in [-0.05, 0) is 93.2 Å². The van der Waals surface area contributed by atoms with Crippen LogP contribution in [0.3, 0.4) is 0 Å². The summed E-state index contributed by atoms with van der Waals surface area (Å²) in [5.74, 6) is -2.78. The summed E-state index contributed by atoms with van der Waals surface area (Å²) in [4.78, 5) is 66.5. The number of nitrogens with zero attached hydrogens (tertiary/aromatic N) is 1. The highest BCUT2D eigenvalue weighted by molar-refractivity contribution is 6.35. The zero-order chi connectivity index (χ0) is 33.5. The predicted molar refractivity (Wildman–Crippen MR) is 177 cm³/mol. The molecule has 2 saturated carbocycles. The molecule has 10 nitrogen and oxygen atoms in total. The van der Waals surface area contributed by atoms with E-state index in [2.05, 4.69) is 29.8 Å². The van der Waals surface area contributed by atoms with Crippen LogP contribution in [0.4, 0.5) is 0 Å². The van der Waals surface area contributed by atoms with E-state index in [1.807, 2.05) is 0 Å². The second kappa shape index (κ2) is 15.8. The number of carboxylic acid groups (broad SMARTS) is 1. The molecule has 1 aromatic carbocycles. The van der Waals surface area contributed by atoms with E-state index in [0.29, 0.717) is 18.5 Å². The number of hydrogen-bond donors (Lipinski definition) is 4. The summed E-state index contributed by atoms with van der Waals surface area (Å²) in [5.41, 5.74) is 0.707. The van der Waals surface area contributed by atoms with E-state index in [1.165, 1.54) is 43.9 Å². The SMILES string of the molecule is CC1(C)CCC(NC(=O)[C@H](CCC(=O)O)NC(=O)CC[C@@H](NC(=O)c2cc(Cl)cc(Cl)c2)C(=O)N2CCC3(CCCC3)CC2)CC1. The molecular weight excluding hydrogens is 631 g/mol. The van der Waals surface area contributed by atoms with Gasteiger partial charge in [0.05, 0.1) is 0 Å². The van der Waals surface area contributed by atoms with Crippen LogP contribution in [-0.2, 0) is 19.2 Å². The molecule has 0 unspecified atom stereocenters. The minimum atomic E-state index is -1.07. The predicted octanol–water partition coefficient (Wildman–Crippen LogP) is 5.49. The van der Waals surface area contributed by atoms with Crippen molar-refractivity contribution in [2.24, 2.45) is 10.8 Å². The highest BCUT2D eigenvalue weighted by atomic mass is 35.5. The summed E-state index contributed by atoms with van der Waals surface area (Å²) in [5, 5.41) is 18.3. The fourth-order valence-electron chi connectivity index (χ4n) is 7.15. The molecule has 1 saturated heterocycles. The number of aliphatic carboxylic acids is 1. The number of carboxylic acids is 1. The van der Waals surface area contributed by atoms with Crippen LogP contribution in [0.5, 0.6) is 0 Å². The number of halogens is 2. The van der Waals surface area contributed by atoms with Crippen molar-refractivity contribution >= 4 is 52.8 Å². The molecule has 4 amide bonds. The van der Waals surface area contributed by atoms with E-state index in [9.17, 15) is 29.1 Å². The first-order valence-electron chi connectivity index (χ1n) is 16.6. The van der Waals surface area contributed by atoms with Gasteiger partial charge in [0.25, 0.3) is 5.91 Å². The maximum atomic E-state index is 13.8. The van der Waals surface area contributed by atoms with Gasteiger partial charge in [0, 0.05) is 47.6 Å². The fraction of sp³-hybridized carbons (Fsp3) is 0.676. The van der Waals surface area contributed by atoms with E-state index < -0.39 is 35.8 Å². The largest absolute Gasteiger partial charge is 0.481 e. The molecule has 3 fully saturated rings. The van der Waals surface area contributed by atoms with Crippen LogP contribution >= 0.6 is 23.2 Å². The van der Waals surface area contributed by atoms with E-state index in [4.69, 9.17) is 23.2 Å². The van der Waals surface area contributed by atoms with Crippen LogP contribution in [0.15, 0.2) is 18.2 Å². The Morgan fingerprint density at radius 2 is 1.43 bits per heavy atom. The van der Waals surface area contributed by atoms with Crippen molar-refractivity contribution in [3.05, 3.63) is 33.8 Å². The van der Waals surface area contributed by atoms with Crippen LogP contribution in [-0.4, -0.2) is 70.8 Å². The second-order valence-electron chi connectivity index (χ2n) is 14.3. The molecule has 1 heterocycles. The first-order chi connectivity index (χ1) is 21.7. The van der Waals surface area contributed by atoms with Crippen molar-refractivity contribution in [3.63, 3.8) is 0 Å². The van der Waals surface area contributed by atoms with Gasteiger partial charge in [-0.2, -0.15) is 0 Å². The maximum Gasteiger partial charge on any atom is 0.303 e. The topological polar surface area (TPSA) is 145 Å². The Kier molecular flexibility index (Phi) is 12.4. The van der Waals surface area contributed by atoms with Gasteiger partial charge in [-0.1, -0.05) is 49.9 Å². The molecule has 1 aliphatic heterocycles. The van der Waals surface area contributed by atoms with Crippen LogP contribution in [0.25, 0.3) is 0 Å². The van der Waals surface area contributed by atoms with E-state index in [-0.39, 0.29) is 58.7 Å². The Labute approximate surface area is 281 Å². The van der Waals surface area contributed by atoms with Crippen molar-refractivity contribution < 1.29 is 29.1 Å². The third-order valence-electron chi connectivity index (χ3n) is 10.2. The minimum Gasteiger partial charge on any atom is -0.481 e. The number of benzene rings is 1. The van der Waals surface area contributed by atoms with Gasteiger partial charge in [0.15, 0.2) is 0 Å². The maximum absolute atomic E-state index is 13.8. The van der Waals surface area contributed by atoms with E-state index >= 15 is 0 Å². The van der Waals surface area contributed by atoms with Gasteiger partial charge in [0.2, 0.25) is 17.7 Å². The Hall–Kier alpha value is -2.85. The second-order valence-corrected chi connectivity index (χ2v) is 15.1. The van der Waals surface area contributed by atoms with Gasteiger partial charge < -0.3 is 26.0 Å². The number of nitrogens with one attached hydrogen (secondary N) is 3. The molecule has 46 heavy (non-hydrogen) atoms. The molecule has 2 atom stereocenters. The summed E-state index contributed by atoms with van der Waals surface area (Å²) in [6, 6.07) is 2.37. The van der Waals surface area contributed by atoms with Gasteiger partial charge >= 0.3 is 5.97 Å². The molecule has 1 spiro atoms. The highest BCUT2D eigenvalue weighted by Gasteiger charge is 2.39. The lowest BCUT2D eigenvalue weighted by Gasteiger charge is -2.40. The number of carbonyl (C=O) groups is 5. The summed E-state index contributed by atoms with van der Waals surface area (Å²) in [6.45, 7) is 5.58. The summed E-state index contributed by atoms with van der Waals surface area (Å²) in [7, 11) is 0. The number of carbonyl (C=O) groups excluding carboxylic acids is 4. The minimum absolute atomic E-state index is 0.00265. The van der Waals surface area contributed by atoms with Gasteiger partial charge in [-0.3, -0.25) is 24.0 Å². The number of rotatable bonds is 12. The lowest BCUT2D eigenvalue weighted by molar-refractivity contribution is -0.138. The van der Waals surface area contributed by atoms with E-state index in [1.54, 1.807) is 4.90 Å². The Bertz CT molecular complexity index is 1260. The van der Waals surface area contributed by atoms with Gasteiger partial charge in [-0.15, -0.1) is 0 Å². The highest BCUT2D eigenvalue weighted by Crippen LogP contribution is 2.46. The standard InChI is InChI=1S/C34H48Cl2N4O6/c1-33(2)13-9-25(10-14-33)37-31(45)26(6-8-29(42)43)38-28(41)7-5-27(39-30(44)22-19-23(35)21-24(36)20-22)32(46)40-17-15-34(16-18-40)11-3-4-12-34/h19-21,25-27H,3-18H2,1-2H3,(H,37,45)(H,38,41)(H,39,44)(H,42,43)/t26-,27+/m0/s1. The molecule has 0 aromatic heterocycles. The number of amides is 4. The molecule has 3 aliphatic rings. The van der Waals surface area contributed by atoms with Crippen LogP contribution < -0.4 is 16.0 Å². The third kappa shape index (κ3) is 10.3. The zero-order valence-corrected chi connectivity index (χ0v) is 28.5. The van der Waals surface area contributed by atoms with Crippen LogP contribution in [0, 0.1) is 10.8 Å². The lowest BCUT2D eigenvalue weighted by Crippen LogP contribution is -2.53. The smallest absolute Gasteiger partial charge is 0.303 e. The average molecular weight is 680 g/mol. The first-order valence-corrected chi connectivity index (χ1v) is 17.4. The summed E-state index contributed by atoms with van der Waals surface area (Å²) in [6.07, 6.45) is 9.69. The van der Waals surface area contributed by atoms with Crippen molar-refractivity contribution in [1.82, 2.24) is 20.9 Å². The van der Waals surface area contributed by atoms with Crippen molar-refractivity contribution in [3.8, 4) is 0 Å². The monoisotopic (exact) mass is 678 g/mol. The molecular formula is C34H48Cl2N4O6. The Morgan fingerprint density at radius 1 is 0.848 bits per heavy atom. The summed E-state index contributed by atoms with van der Waals surface area (Å²) < 4.78 is 0. The van der Waals surface area contributed by atoms with Gasteiger partial charge in [-0.25, -0.2) is 0 Å². The Morgan fingerprint density at radius 3 is 2.02 bits per heavy atom.